The Labute approximate surface area is 211 Å². The minimum atomic E-state index is -0.364. The fourth-order valence-electron chi connectivity index (χ4n) is 5.20. The number of hydrogen-bond donors (Lipinski definition) is 1. The normalized spacial score (nSPS) is 20.8. The average molecular weight is 488 g/mol. The molecule has 1 unspecified atom stereocenters. The van der Waals surface area contributed by atoms with Crippen molar-refractivity contribution in [2.24, 2.45) is 16.0 Å². The van der Waals surface area contributed by atoms with Crippen LogP contribution in [0.4, 0.5) is 0 Å². The van der Waals surface area contributed by atoms with Crippen molar-refractivity contribution in [3.8, 4) is 5.69 Å². The molecule has 1 N–H and O–H groups in total. The van der Waals surface area contributed by atoms with E-state index in [1.807, 2.05) is 0 Å². The SMILES string of the molecule is CCC(C)c1ccc(-n2c(C)cc(/C=C3\C(=N)N4N=C(C5CCCCC5)SC4=NC3=O)c2C)cc1. The molecule has 6 nitrogen and oxygen atoms in total. The topological polar surface area (TPSA) is 73.8 Å². The molecule has 1 aromatic carbocycles. The molecular formula is C28H33N5OS. The maximum Gasteiger partial charge on any atom is 0.283 e. The molecule has 2 aromatic rings. The zero-order valence-corrected chi connectivity index (χ0v) is 21.8. The first-order valence-corrected chi connectivity index (χ1v) is 13.5. The van der Waals surface area contributed by atoms with Crippen molar-refractivity contribution < 1.29 is 4.79 Å². The number of rotatable bonds is 5. The number of aliphatic imine (C=N–C) groups is 1. The lowest BCUT2D eigenvalue weighted by Crippen LogP contribution is -2.35. The largest absolute Gasteiger partial charge is 0.318 e. The lowest BCUT2D eigenvalue weighted by atomic mass is 9.90. The predicted octanol–water partition coefficient (Wildman–Crippen LogP) is 6.81. The number of hydrogen-bond acceptors (Lipinski definition) is 4. The maximum atomic E-state index is 12.9. The molecule has 0 spiro atoms. The molecule has 182 valence electrons. The monoisotopic (exact) mass is 487 g/mol. The van der Waals surface area contributed by atoms with Crippen LogP contribution in [-0.4, -0.2) is 31.5 Å². The third-order valence-electron chi connectivity index (χ3n) is 7.53. The standard InChI is InChI=1S/C28H33N5OS/c1-5-17(2)20-11-13-23(14-12-20)32-18(3)15-22(19(32)4)16-24-25(29)33-28(30-26(24)34)35-27(31-33)21-9-7-6-8-10-21/h11-17,21,29H,5-10H2,1-4H3/b24-16+,29-25?. The average Bonchev–Trinajstić information content (AvgIpc) is 3.42. The van der Waals surface area contributed by atoms with E-state index in [0.29, 0.717) is 17.0 Å². The number of hydrazone groups is 1. The van der Waals surface area contributed by atoms with Gasteiger partial charge in [0.1, 0.15) is 5.04 Å². The van der Waals surface area contributed by atoms with E-state index in [2.05, 4.69) is 67.6 Å². The molecule has 1 aliphatic carbocycles. The van der Waals surface area contributed by atoms with Crippen LogP contribution in [0.1, 0.15) is 80.8 Å². The predicted molar refractivity (Wildman–Crippen MR) is 146 cm³/mol. The van der Waals surface area contributed by atoms with Crippen LogP contribution in [0, 0.1) is 25.2 Å². The Morgan fingerprint density at radius 3 is 2.57 bits per heavy atom. The number of thioether (sulfide) groups is 1. The van der Waals surface area contributed by atoms with Crippen molar-refractivity contribution in [1.82, 2.24) is 9.58 Å². The van der Waals surface area contributed by atoms with Crippen molar-refractivity contribution >= 4 is 39.8 Å². The quantitative estimate of drug-likeness (QED) is 0.471. The van der Waals surface area contributed by atoms with Crippen LogP contribution in [0.3, 0.4) is 0 Å². The molecular weight excluding hydrogens is 454 g/mol. The Balaban J connectivity index is 1.44. The van der Waals surface area contributed by atoms with Gasteiger partial charge in [-0.1, -0.05) is 45.2 Å². The highest BCUT2D eigenvalue weighted by Crippen LogP contribution is 2.36. The van der Waals surface area contributed by atoms with Crippen molar-refractivity contribution in [3.05, 3.63) is 58.4 Å². The summed E-state index contributed by atoms with van der Waals surface area (Å²) in [4.78, 5) is 17.2. The Morgan fingerprint density at radius 2 is 1.89 bits per heavy atom. The lowest BCUT2D eigenvalue weighted by molar-refractivity contribution is -0.114. The molecule has 0 saturated heterocycles. The molecule has 1 atom stereocenters. The number of carbonyl (C=O) groups is 1. The van der Waals surface area contributed by atoms with Crippen LogP contribution in [0.25, 0.3) is 11.8 Å². The van der Waals surface area contributed by atoms with Crippen LogP contribution in [0.2, 0.25) is 0 Å². The maximum absolute atomic E-state index is 12.9. The van der Waals surface area contributed by atoms with Crippen molar-refractivity contribution in [1.29, 1.82) is 5.41 Å². The summed E-state index contributed by atoms with van der Waals surface area (Å²) in [5.41, 5.74) is 5.76. The number of benzene rings is 1. The summed E-state index contributed by atoms with van der Waals surface area (Å²) in [6.45, 7) is 8.58. The van der Waals surface area contributed by atoms with Crippen molar-refractivity contribution in [3.63, 3.8) is 0 Å². The summed E-state index contributed by atoms with van der Waals surface area (Å²) < 4.78 is 2.20. The van der Waals surface area contributed by atoms with Gasteiger partial charge in [-0.05, 0) is 86.2 Å². The number of fused-ring (bicyclic) bond motifs is 1. The molecule has 3 aliphatic rings. The Morgan fingerprint density at radius 1 is 1.17 bits per heavy atom. The number of nitrogens with one attached hydrogen (secondary N) is 1. The molecule has 1 aromatic heterocycles. The molecule has 7 heteroatoms. The molecule has 0 radical (unpaired) electrons. The van der Waals surface area contributed by atoms with Crippen LogP contribution < -0.4 is 0 Å². The summed E-state index contributed by atoms with van der Waals surface area (Å²) in [6, 6.07) is 10.8. The van der Waals surface area contributed by atoms with Gasteiger partial charge in [-0.3, -0.25) is 10.2 Å². The molecule has 5 rings (SSSR count). The summed E-state index contributed by atoms with van der Waals surface area (Å²) >= 11 is 1.46. The van der Waals surface area contributed by atoms with E-state index in [-0.39, 0.29) is 17.3 Å². The number of amidine groups is 2. The third-order valence-corrected chi connectivity index (χ3v) is 8.60. The van der Waals surface area contributed by atoms with Crippen LogP contribution >= 0.6 is 11.8 Å². The second kappa shape index (κ2) is 9.61. The minimum Gasteiger partial charge on any atom is -0.318 e. The second-order valence-corrected chi connectivity index (χ2v) is 10.8. The molecule has 1 saturated carbocycles. The summed E-state index contributed by atoms with van der Waals surface area (Å²) in [6.07, 6.45) is 8.88. The molecule has 1 amide bonds. The molecule has 35 heavy (non-hydrogen) atoms. The van der Waals surface area contributed by atoms with Crippen LogP contribution in [0.15, 0.2) is 46.0 Å². The molecule has 1 fully saturated rings. The first-order chi connectivity index (χ1) is 16.9. The number of nitrogens with zero attached hydrogens (tertiary/aromatic N) is 4. The van der Waals surface area contributed by atoms with Crippen molar-refractivity contribution in [2.75, 3.05) is 0 Å². The number of carbonyl (C=O) groups excluding carboxylic acids is 1. The van der Waals surface area contributed by atoms with Crippen LogP contribution in [-0.2, 0) is 4.79 Å². The third kappa shape index (κ3) is 4.42. The van der Waals surface area contributed by atoms with Crippen LogP contribution in [0.5, 0.6) is 0 Å². The van der Waals surface area contributed by atoms with Gasteiger partial charge >= 0.3 is 0 Å². The van der Waals surface area contributed by atoms with Gasteiger partial charge in [0, 0.05) is 23.0 Å². The van der Waals surface area contributed by atoms with Gasteiger partial charge in [0.05, 0.1) is 5.57 Å². The Kier molecular flexibility index (Phi) is 6.53. The number of aryl methyl sites for hydroxylation is 1. The van der Waals surface area contributed by atoms with Gasteiger partial charge in [0.15, 0.2) is 5.84 Å². The first-order valence-electron chi connectivity index (χ1n) is 12.7. The second-order valence-electron chi connectivity index (χ2n) is 9.86. The van der Waals surface area contributed by atoms with Gasteiger partial charge in [-0.25, -0.2) is 0 Å². The highest BCUT2D eigenvalue weighted by molar-refractivity contribution is 8.27. The molecule has 2 aliphatic heterocycles. The van der Waals surface area contributed by atoms with Gasteiger partial charge in [-0.2, -0.15) is 15.1 Å². The van der Waals surface area contributed by atoms with E-state index < -0.39 is 0 Å². The highest BCUT2D eigenvalue weighted by Gasteiger charge is 2.38. The zero-order valence-electron chi connectivity index (χ0n) is 21.0. The van der Waals surface area contributed by atoms with Crippen molar-refractivity contribution in [2.45, 2.75) is 72.1 Å². The summed E-state index contributed by atoms with van der Waals surface area (Å²) in [7, 11) is 0. The fourth-order valence-corrected chi connectivity index (χ4v) is 6.25. The molecule has 0 bridgehead atoms. The Bertz CT molecular complexity index is 1260. The summed E-state index contributed by atoms with van der Waals surface area (Å²) in [5.74, 6) is 0.704. The summed E-state index contributed by atoms with van der Waals surface area (Å²) in [5, 5.41) is 16.6. The van der Waals surface area contributed by atoms with E-state index in [4.69, 9.17) is 10.5 Å². The van der Waals surface area contributed by atoms with Gasteiger partial charge in [0.25, 0.3) is 5.91 Å². The minimum absolute atomic E-state index is 0.112. The first kappa shape index (κ1) is 23.8. The van der Waals surface area contributed by atoms with Gasteiger partial charge < -0.3 is 4.57 Å². The van der Waals surface area contributed by atoms with E-state index in [1.165, 1.54) is 36.6 Å². The smallest absolute Gasteiger partial charge is 0.283 e. The van der Waals surface area contributed by atoms with E-state index >= 15 is 0 Å². The van der Waals surface area contributed by atoms with E-state index in [9.17, 15) is 4.79 Å². The van der Waals surface area contributed by atoms with E-state index in [1.54, 1.807) is 11.1 Å². The molecule has 3 heterocycles. The van der Waals surface area contributed by atoms with E-state index in [0.717, 1.165) is 46.9 Å². The number of aromatic nitrogens is 1. The van der Waals surface area contributed by atoms with Gasteiger partial charge in [0.2, 0.25) is 5.17 Å². The van der Waals surface area contributed by atoms with Gasteiger partial charge in [-0.15, -0.1) is 0 Å². The number of amides is 1. The zero-order chi connectivity index (χ0) is 24.7. The fraction of sp³-hybridized carbons (Fsp3) is 0.429. The highest BCUT2D eigenvalue weighted by atomic mass is 32.2. The lowest BCUT2D eigenvalue weighted by Gasteiger charge is -2.20. The Hall–Kier alpha value is -2.93.